The minimum atomic E-state index is -6.13. The molecule has 0 aliphatic rings. The first kappa shape index (κ1) is 60.7. The van der Waals surface area contributed by atoms with Crippen molar-refractivity contribution in [1.82, 2.24) is 4.98 Å². The zero-order valence-corrected chi connectivity index (χ0v) is 38.8. The summed E-state index contributed by atoms with van der Waals surface area (Å²) >= 11 is 0. The Balaban J connectivity index is 0.000000378. The fourth-order valence-corrected chi connectivity index (χ4v) is 8.47. The van der Waals surface area contributed by atoms with Gasteiger partial charge in [0.15, 0.2) is 6.20 Å². The second kappa shape index (κ2) is 21.6. The number of hydrogen-bond donors (Lipinski definition) is 0. The predicted molar refractivity (Wildman–Crippen MR) is 235 cm³/mol. The second-order valence-corrected chi connectivity index (χ2v) is 17.4. The SMILES string of the molecule is FC(F)(F)c1cc([B-](c2cc(C(F)(F)F)cc(C(F)(F)F)c2)(c2cc(C(F)(F)F)cc(C(F)(F)F)c2)c2cc(C(F)(F)F)cc(C(F)(F)F)c2)cc(C(F)(F)F)c1.O=C(C[n+]1ccncc1Cc1ccccc1)c1ccccc1. The molecule has 7 aromatic rings. The number of alkyl halides is 24. The number of aromatic nitrogens is 2. The van der Waals surface area contributed by atoms with Gasteiger partial charge < -0.3 is 0 Å². The fourth-order valence-electron chi connectivity index (χ4n) is 8.47. The average molecular weight is 1150 g/mol. The van der Waals surface area contributed by atoms with Crippen LogP contribution in [0, 0.1) is 0 Å². The summed E-state index contributed by atoms with van der Waals surface area (Å²) in [5, 5.41) is 0. The van der Waals surface area contributed by atoms with Crippen molar-refractivity contribution >= 4 is 33.8 Å². The summed E-state index contributed by atoms with van der Waals surface area (Å²) in [4.78, 5) is 16.6. The minimum absolute atomic E-state index is 0.103. The maximum absolute atomic E-state index is 14.2. The molecule has 6 aromatic carbocycles. The number of carbonyl (C=O) groups is 1. The third-order valence-electron chi connectivity index (χ3n) is 12.0. The van der Waals surface area contributed by atoms with Crippen molar-refractivity contribution < 1.29 is 115 Å². The van der Waals surface area contributed by atoms with E-state index < -0.39 is 195 Å². The molecular weight excluding hydrogens is 1120 g/mol. The molecule has 0 fully saturated rings. The van der Waals surface area contributed by atoms with Crippen molar-refractivity contribution in [1.29, 1.82) is 0 Å². The molecule has 0 saturated carbocycles. The lowest BCUT2D eigenvalue weighted by Crippen LogP contribution is -2.75. The zero-order chi connectivity index (χ0) is 59.1. The maximum atomic E-state index is 14.2. The van der Waals surface area contributed by atoms with Crippen LogP contribution in [0.3, 0.4) is 0 Å². The molecule has 0 aliphatic heterocycles. The van der Waals surface area contributed by atoms with E-state index in [4.69, 9.17) is 0 Å². The molecule has 0 saturated heterocycles. The molecule has 0 radical (unpaired) electrons. The highest BCUT2D eigenvalue weighted by atomic mass is 19.4. The van der Waals surface area contributed by atoms with Gasteiger partial charge in [-0.2, -0.15) is 132 Å². The minimum Gasteiger partial charge on any atom is -0.287 e. The van der Waals surface area contributed by atoms with Crippen LogP contribution in [0.15, 0.2) is 152 Å². The lowest BCUT2D eigenvalue weighted by molar-refractivity contribution is -0.690. The molecule has 1 aromatic heterocycles. The molecular formula is C51H29BF24N2O. The van der Waals surface area contributed by atoms with E-state index in [0.29, 0.717) is 6.54 Å². The number of ketones is 1. The Hall–Kier alpha value is -7.55. The van der Waals surface area contributed by atoms with Crippen molar-refractivity contribution in [2.45, 2.75) is 62.4 Å². The van der Waals surface area contributed by atoms with Gasteiger partial charge in [0.2, 0.25) is 18.0 Å². The van der Waals surface area contributed by atoms with Crippen LogP contribution in [0.25, 0.3) is 0 Å². The van der Waals surface area contributed by atoms with E-state index in [1.165, 1.54) is 5.56 Å². The van der Waals surface area contributed by atoms with E-state index in [2.05, 4.69) is 17.1 Å². The maximum Gasteiger partial charge on any atom is 0.416 e. The van der Waals surface area contributed by atoms with Crippen LogP contribution in [-0.2, 0) is 62.4 Å². The normalized spacial score (nSPS) is 13.2. The molecule has 0 bridgehead atoms. The van der Waals surface area contributed by atoms with Gasteiger partial charge in [0.25, 0.3) is 0 Å². The first-order valence-corrected chi connectivity index (χ1v) is 21.9. The van der Waals surface area contributed by atoms with Crippen LogP contribution in [0.5, 0.6) is 0 Å². The smallest absolute Gasteiger partial charge is 0.287 e. The number of carbonyl (C=O) groups excluding carboxylic acids is 1. The molecule has 28 heteroatoms. The zero-order valence-electron chi connectivity index (χ0n) is 38.8. The predicted octanol–water partition coefficient (Wildman–Crippen LogP) is 14.1. The molecule has 0 N–H and O–H groups in total. The van der Waals surface area contributed by atoms with Gasteiger partial charge in [-0.3, -0.25) is 9.78 Å². The van der Waals surface area contributed by atoms with Crippen LogP contribution in [0.2, 0.25) is 0 Å². The summed E-state index contributed by atoms with van der Waals surface area (Å²) in [6, 6.07) is 10.8. The number of benzene rings is 6. The molecule has 0 spiro atoms. The van der Waals surface area contributed by atoms with Gasteiger partial charge in [0.05, 0.1) is 63.3 Å². The highest BCUT2D eigenvalue weighted by Gasteiger charge is 2.47. The van der Waals surface area contributed by atoms with Gasteiger partial charge >= 0.3 is 49.4 Å². The third-order valence-corrected chi connectivity index (χ3v) is 12.0. The van der Waals surface area contributed by atoms with Gasteiger partial charge in [0.1, 0.15) is 6.15 Å². The Morgan fingerprint density at radius 3 is 0.911 bits per heavy atom. The molecule has 0 atom stereocenters. The van der Waals surface area contributed by atoms with Crippen LogP contribution >= 0.6 is 0 Å². The number of rotatable bonds is 9. The van der Waals surface area contributed by atoms with Crippen LogP contribution in [0.4, 0.5) is 105 Å². The molecule has 3 nitrogen and oxygen atoms in total. The first-order chi connectivity index (χ1) is 36.1. The van der Waals surface area contributed by atoms with Gasteiger partial charge in [-0.05, 0) is 29.8 Å². The Bertz CT molecular complexity index is 2860. The summed E-state index contributed by atoms with van der Waals surface area (Å²) in [6.45, 7) is 0.328. The van der Waals surface area contributed by atoms with Crippen molar-refractivity contribution in [3.8, 4) is 0 Å². The molecule has 0 amide bonds. The van der Waals surface area contributed by atoms with Crippen LogP contribution < -0.4 is 26.4 Å². The Labute approximate surface area is 428 Å². The van der Waals surface area contributed by atoms with Crippen molar-refractivity contribution in [3.05, 3.63) is 213 Å². The molecule has 420 valence electrons. The average Bonchev–Trinajstić information content (AvgIpc) is 3.55. The molecule has 79 heavy (non-hydrogen) atoms. The first-order valence-electron chi connectivity index (χ1n) is 21.9. The Kier molecular flexibility index (Phi) is 16.6. The van der Waals surface area contributed by atoms with Gasteiger partial charge in [0, 0.05) is 5.56 Å². The standard InChI is InChI=1S/C32H12BF24.C19H17N2O/c34-25(35,36)13-1-14(26(37,38)39)6-21(5-13)33(22-7-15(27(40,41)42)2-16(8-22)28(43,44)45,23-9-17(29(46,47)48)3-18(10-23)30(49,50)51)24-11-19(31(52,53)54)4-20(12-24)32(55,56)57;22-19(17-9-5-2-6-10-17)15-21-12-11-20-14-18(21)13-16-7-3-1-4-8-16/h1-12H;1-12,14H,13,15H2/q-1;+1. The van der Waals surface area contributed by atoms with Crippen molar-refractivity contribution in [2.75, 3.05) is 0 Å². The lowest BCUT2D eigenvalue weighted by Gasteiger charge is -2.46. The van der Waals surface area contributed by atoms with Crippen LogP contribution in [-0.4, -0.2) is 16.9 Å². The number of halogens is 24. The van der Waals surface area contributed by atoms with E-state index >= 15 is 0 Å². The summed E-state index contributed by atoms with van der Waals surface area (Å²) < 4.78 is 343. The quantitative estimate of drug-likeness (QED) is 0.0625. The molecule has 7 rings (SSSR count). The summed E-state index contributed by atoms with van der Waals surface area (Å²) in [5.41, 5.74) is -27.2. The molecule has 1 heterocycles. The van der Waals surface area contributed by atoms with E-state index in [9.17, 15) is 110 Å². The van der Waals surface area contributed by atoms with Crippen molar-refractivity contribution in [3.63, 3.8) is 0 Å². The van der Waals surface area contributed by atoms with E-state index in [1.54, 1.807) is 6.20 Å². The largest absolute Gasteiger partial charge is 0.416 e. The van der Waals surface area contributed by atoms with Gasteiger partial charge in [-0.25, -0.2) is 0 Å². The van der Waals surface area contributed by atoms with E-state index in [0.717, 1.165) is 17.7 Å². The number of Topliss-reactive ketones (excluding diaryl/α,β-unsaturated/α-hetero) is 1. The summed E-state index contributed by atoms with van der Waals surface area (Å²) in [6.07, 6.45) is -48.6. The highest BCUT2D eigenvalue weighted by Crippen LogP contribution is 2.41. The molecule has 0 unspecified atom stereocenters. The lowest BCUT2D eigenvalue weighted by atomic mass is 9.12. The fraction of sp³-hybridized carbons (Fsp3) is 0.196. The van der Waals surface area contributed by atoms with E-state index in [1.807, 2.05) is 65.5 Å². The molecule has 0 aliphatic carbocycles. The highest BCUT2D eigenvalue weighted by molar-refractivity contribution is 7.20. The summed E-state index contributed by atoms with van der Waals surface area (Å²) in [7, 11) is 0. The Morgan fingerprint density at radius 1 is 0.380 bits per heavy atom. The number of nitrogens with zero attached hydrogens (tertiary/aromatic N) is 2. The van der Waals surface area contributed by atoms with Gasteiger partial charge in [-0.1, -0.05) is 109 Å². The van der Waals surface area contributed by atoms with Crippen LogP contribution in [0.1, 0.15) is 66.1 Å². The van der Waals surface area contributed by atoms with Crippen molar-refractivity contribution in [2.24, 2.45) is 0 Å². The number of hydrogen-bond acceptors (Lipinski definition) is 2. The third kappa shape index (κ3) is 14.4. The van der Waals surface area contributed by atoms with E-state index in [-0.39, 0.29) is 5.78 Å². The Morgan fingerprint density at radius 2 is 0.646 bits per heavy atom. The summed E-state index contributed by atoms with van der Waals surface area (Å²) in [5.74, 6) is 0.103. The topological polar surface area (TPSA) is 33.8 Å². The second-order valence-electron chi connectivity index (χ2n) is 17.4. The van der Waals surface area contributed by atoms with Gasteiger partial charge in [-0.15, -0.1) is 0 Å². The monoisotopic (exact) mass is 1150 g/mol.